The fraction of sp³-hybridized carbons (Fsp3) is 0.182. The molecule has 0 saturated heterocycles. The highest BCUT2D eigenvalue weighted by molar-refractivity contribution is 7.12. The molecule has 130 valence electrons. The first-order chi connectivity index (χ1) is 12.7. The van der Waals surface area contributed by atoms with Gasteiger partial charge in [-0.1, -0.05) is 66.7 Å². The number of nitrogens with zero attached hydrogens (tertiary/aromatic N) is 1. The van der Waals surface area contributed by atoms with Gasteiger partial charge in [0.25, 0.3) is 0 Å². The lowest BCUT2D eigenvalue weighted by Crippen LogP contribution is -2.26. The van der Waals surface area contributed by atoms with E-state index in [1.165, 1.54) is 11.1 Å². The van der Waals surface area contributed by atoms with E-state index < -0.39 is 0 Å². The van der Waals surface area contributed by atoms with Gasteiger partial charge in [0.05, 0.1) is 11.6 Å². The third-order valence-corrected chi connectivity index (χ3v) is 6.05. The minimum atomic E-state index is -0.251. The summed E-state index contributed by atoms with van der Waals surface area (Å²) in [4.78, 5) is 13.9. The van der Waals surface area contributed by atoms with Crippen molar-refractivity contribution in [2.24, 2.45) is 11.0 Å². The molecule has 0 radical (unpaired) electrons. The van der Waals surface area contributed by atoms with Crippen molar-refractivity contribution in [3.05, 3.63) is 94.2 Å². The first-order valence-electron chi connectivity index (χ1n) is 8.71. The predicted octanol–water partition coefficient (Wildman–Crippen LogP) is 4.59. The lowest BCUT2D eigenvalue weighted by atomic mass is 9.85. The molecule has 1 aromatic heterocycles. The topological polar surface area (TPSA) is 41.5 Å². The Labute approximate surface area is 157 Å². The molecule has 26 heavy (non-hydrogen) atoms. The summed E-state index contributed by atoms with van der Waals surface area (Å²) in [5.74, 6) is -0.124. The fourth-order valence-electron chi connectivity index (χ4n) is 3.61. The highest BCUT2D eigenvalue weighted by Crippen LogP contribution is 2.58. The van der Waals surface area contributed by atoms with Crippen LogP contribution in [0.15, 0.2) is 83.3 Å². The van der Waals surface area contributed by atoms with Crippen LogP contribution in [0.4, 0.5) is 0 Å². The maximum absolute atomic E-state index is 12.8. The average Bonchev–Trinajstić information content (AvgIpc) is 3.23. The van der Waals surface area contributed by atoms with E-state index in [0.717, 1.165) is 17.0 Å². The summed E-state index contributed by atoms with van der Waals surface area (Å²) in [6.07, 6.45) is 0.806. The van der Waals surface area contributed by atoms with Gasteiger partial charge >= 0.3 is 0 Å². The van der Waals surface area contributed by atoms with E-state index in [0.29, 0.717) is 0 Å². The van der Waals surface area contributed by atoms with Gasteiger partial charge in [-0.25, -0.2) is 5.43 Å². The van der Waals surface area contributed by atoms with Gasteiger partial charge in [-0.05, 0) is 35.9 Å². The SMILES string of the molecule is C/C(=N/NC(=O)[C@@H]1CC1(c1ccccc1)c1ccccc1)c1cccs1. The maximum Gasteiger partial charge on any atom is 0.244 e. The zero-order valence-electron chi connectivity index (χ0n) is 14.6. The second kappa shape index (κ2) is 6.89. The molecule has 0 unspecified atom stereocenters. The van der Waals surface area contributed by atoms with Crippen molar-refractivity contribution in [2.45, 2.75) is 18.8 Å². The number of benzene rings is 2. The Balaban J connectivity index is 1.59. The minimum Gasteiger partial charge on any atom is -0.273 e. The van der Waals surface area contributed by atoms with Crippen LogP contribution < -0.4 is 5.43 Å². The number of carbonyl (C=O) groups is 1. The van der Waals surface area contributed by atoms with Crippen LogP contribution >= 0.6 is 11.3 Å². The van der Waals surface area contributed by atoms with Crippen molar-refractivity contribution >= 4 is 23.0 Å². The Hall–Kier alpha value is -2.72. The molecule has 1 aliphatic rings. The van der Waals surface area contributed by atoms with Crippen LogP contribution in [0.2, 0.25) is 0 Å². The van der Waals surface area contributed by atoms with Gasteiger partial charge in [-0.15, -0.1) is 11.3 Å². The van der Waals surface area contributed by atoms with Crippen LogP contribution in [0.3, 0.4) is 0 Å². The molecule has 1 amide bonds. The summed E-state index contributed by atoms with van der Waals surface area (Å²) in [5.41, 5.74) is 5.73. The number of hydrogen-bond donors (Lipinski definition) is 1. The molecule has 1 atom stereocenters. The first-order valence-corrected chi connectivity index (χ1v) is 9.59. The molecule has 0 bridgehead atoms. The molecule has 3 aromatic rings. The first kappa shape index (κ1) is 16.7. The summed E-state index contributed by atoms with van der Waals surface area (Å²) in [6.45, 7) is 1.92. The summed E-state index contributed by atoms with van der Waals surface area (Å²) in [7, 11) is 0. The lowest BCUT2D eigenvalue weighted by Gasteiger charge is -2.18. The Kier molecular flexibility index (Phi) is 4.43. The molecule has 1 fully saturated rings. The quantitative estimate of drug-likeness (QED) is 0.524. The van der Waals surface area contributed by atoms with Crippen molar-refractivity contribution < 1.29 is 4.79 Å². The lowest BCUT2D eigenvalue weighted by molar-refractivity contribution is -0.122. The monoisotopic (exact) mass is 360 g/mol. The highest BCUT2D eigenvalue weighted by atomic mass is 32.1. The summed E-state index contributed by atoms with van der Waals surface area (Å²) < 4.78 is 0. The van der Waals surface area contributed by atoms with Crippen LogP contribution in [-0.4, -0.2) is 11.6 Å². The number of carbonyl (C=O) groups excluding carboxylic acids is 1. The molecule has 0 spiro atoms. The van der Waals surface area contributed by atoms with E-state index in [9.17, 15) is 4.79 Å². The fourth-order valence-corrected chi connectivity index (χ4v) is 4.29. The molecular formula is C22H20N2OS. The molecule has 4 rings (SSSR count). The average molecular weight is 360 g/mol. The molecule has 1 saturated carbocycles. The summed E-state index contributed by atoms with van der Waals surface area (Å²) in [6, 6.07) is 24.6. The van der Waals surface area contributed by atoms with Crippen molar-refractivity contribution in [1.29, 1.82) is 0 Å². The number of hydrogen-bond acceptors (Lipinski definition) is 3. The van der Waals surface area contributed by atoms with E-state index in [4.69, 9.17) is 0 Å². The van der Waals surface area contributed by atoms with Gasteiger partial charge in [-0.2, -0.15) is 5.10 Å². The molecule has 2 aromatic carbocycles. The number of hydrazone groups is 1. The molecule has 1 heterocycles. The molecule has 1 aliphatic carbocycles. The Bertz CT molecular complexity index is 878. The number of thiophene rings is 1. The molecule has 1 N–H and O–H groups in total. The van der Waals surface area contributed by atoms with E-state index in [1.807, 2.05) is 60.8 Å². The van der Waals surface area contributed by atoms with Crippen molar-refractivity contribution in [3.63, 3.8) is 0 Å². The van der Waals surface area contributed by atoms with Gasteiger partial charge in [-0.3, -0.25) is 4.79 Å². The largest absolute Gasteiger partial charge is 0.273 e. The summed E-state index contributed by atoms with van der Waals surface area (Å²) >= 11 is 1.62. The Morgan fingerprint density at radius 2 is 1.62 bits per heavy atom. The Morgan fingerprint density at radius 3 is 2.15 bits per heavy atom. The zero-order chi connectivity index (χ0) is 18.0. The van der Waals surface area contributed by atoms with Gasteiger partial charge in [0.2, 0.25) is 5.91 Å². The van der Waals surface area contributed by atoms with E-state index in [1.54, 1.807) is 11.3 Å². The maximum atomic E-state index is 12.8. The third kappa shape index (κ3) is 2.97. The summed E-state index contributed by atoms with van der Waals surface area (Å²) in [5, 5.41) is 6.32. The van der Waals surface area contributed by atoms with Crippen LogP contribution in [0, 0.1) is 5.92 Å². The second-order valence-electron chi connectivity index (χ2n) is 6.61. The van der Waals surface area contributed by atoms with Crippen LogP contribution in [0.25, 0.3) is 0 Å². The number of nitrogens with one attached hydrogen (secondary N) is 1. The van der Waals surface area contributed by atoms with Crippen LogP contribution in [0.5, 0.6) is 0 Å². The third-order valence-electron chi connectivity index (χ3n) is 5.07. The highest BCUT2D eigenvalue weighted by Gasteiger charge is 2.60. The van der Waals surface area contributed by atoms with Gasteiger partial charge in [0.15, 0.2) is 0 Å². The standard InChI is InChI=1S/C22H20N2OS/c1-16(20-13-8-14-26-20)23-24-21(25)19-15-22(19,17-9-4-2-5-10-17)18-11-6-3-7-12-18/h2-14,19H,15H2,1H3,(H,24,25)/b23-16-/t19-/m0/s1. The molecule has 4 heteroatoms. The smallest absolute Gasteiger partial charge is 0.244 e. The van der Waals surface area contributed by atoms with E-state index in [2.05, 4.69) is 34.8 Å². The van der Waals surface area contributed by atoms with E-state index >= 15 is 0 Å². The van der Waals surface area contributed by atoms with Gasteiger partial charge < -0.3 is 0 Å². The predicted molar refractivity (Wildman–Crippen MR) is 106 cm³/mol. The van der Waals surface area contributed by atoms with Crippen molar-refractivity contribution in [2.75, 3.05) is 0 Å². The Morgan fingerprint density at radius 1 is 1.00 bits per heavy atom. The van der Waals surface area contributed by atoms with Gasteiger partial charge in [0, 0.05) is 10.3 Å². The zero-order valence-corrected chi connectivity index (χ0v) is 15.4. The molecule has 3 nitrogen and oxygen atoms in total. The van der Waals surface area contributed by atoms with Crippen LogP contribution in [0.1, 0.15) is 29.3 Å². The molecular weight excluding hydrogens is 340 g/mol. The minimum absolute atomic E-state index is 0.0198. The van der Waals surface area contributed by atoms with Crippen molar-refractivity contribution in [1.82, 2.24) is 5.43 Å². The van der Waals surface area contributed by atoms with Crippen LogP contribution in [-0.2, 0) is 10.2 Å². The van der Waals surface area contributed by atoms with E-state index in [-0.39, 0.29) is 17.2 Å². The van der Waals surface area contributed by atoms with Crippen molar-refractivity contribution in [3.8, 4) is 0 Å². The number of amides is 1. The normalized spacial score (nSPS) is 18.3. The second-order valence-corrected chi connectivity index (χ2v) is 7.56. The number of rotatable bonds is 5. The van der Waals surface area contributed by atoms with Gasteiger partial charge in [0.1, 0.15) is 0 Å². The molecule has 0 aliphatic heterocycles.